The molecule has 0 fully saturated rings. The zero-order valence-corrected chi connectivity index (χ0v) is 29.0. The van der Waals surface area contributed by atoms with Crippen molar-refractivity contribution in [2.24, 2.45) is 0 Å². The first-order valence-corrected chi connectivity index (χ1v) is 18.1. The van der Waals surface area contributed by atoms with Crippen molar-refractivity contribution < 1.29 is 4.42 Å². The summed E-state index contributed by atoms with van der Waals surface area (Å²) in [6.07, 6.45) is 0. The molecule has 252 valence electrons. The van der Waals surface area contributed by atoms with Crippen molar-refractivity contribution in [1.82, 2.24) is 19.5 Å². The van der Waals surface area contributed by atoms with Gasteiger partial charge in [-0.25, -0.2) is 15.0 Å². The number of hydrogen-bond donors (Lipinski definition) is 0. The van der Waals surface area contributed by atoms with Crippen LogP contribution in [0.5, 0.6) is 0 Å². The van der Waals surface area contributed by atoms with Gasteiger partial charge in [-0.3, -0.25) is 0 Å². The molecule has 0 spiro atoms. The fraction of sp³-hybridized carbons (Fsp3) is 0. The summed E-state index contributed by atoms with van der Waals surface area (Å²) in [6, 6.07) is 63.3. The third-order valence-corrected chi connectivity index (χ3v) is 10.4. The average Bonchev–Trinajstić information content (AvgIpc) is 3.79. The normalized spacial score (nSPS) is 11.7. The summed E-state index contributed by atoms with van der Waals surface area (Å²) < 4.78 is 8.64. The van der Waals surface area contributed by atoms with E-state index in [2.05, 4.69) is 156 Å². The lowest BCUT2D eigenvalue weighted by Gasteiger charge is -2.14. The van der Waals surface area contributed by atoms with Crippen LogP contribution in [0.2, 0.25) is 0 Å². The Morgan fingerprint density at radius 3 is 1.78 bits per heavy atom. The highest BCUT2D eigenvalue weighted by Gasteiger charge is 2.20. The van der Waals surface area contributed by atoms with Crippen molar-refractivity contribution in [2.45, 2.75) is 0 Å². The van der Waals surface area contributed by atoms with Gasteiger partial charge in [0.05, 0.1) is 11.0 Å². The van der Waals surface area contributed by atoms with Crippen LogP contribution in [0.25, 0.3) is 105 Å². The monoisotopic (exact) mass is 690 g/mol. The molecule has 0 unspecified atom stereocenters. The second kappa shape index (κ2) is 12.1. The molecular formula is C49H30N4O. The van der Waals surface area contributed by atoms with Crippen LogP contribution in [-0.2, 0) is 0 Å². The smallest absolute Gasteiger partial charge is 0.164 e. The molecule has 0 atom stereocenters. The quantitative estimate of drug-likeness (QED) is 0.180. The number of hydrogen-bond acceptors (Lipinski definition) is 4. The number of rotatable bonds is 5. The standard InChI is InChI=1S/C49H30N4O/c1-2-14-32-29-34(28-27-31(32)13-1)47-50-48(52-49(51-47)41-22-12-26-45-46(41)40-21-7-10-25-44(40)54-45)39-20-4-3-17-36(39)33-15-11-16-35(30-33)53-42-23-8-5-18-37(42)38-19-6-9-24-43(38)53/h1-30H. The van der Waals surface area contributed by atoms with E-state index in [1.54, 1.807) is 0 Å². The van der Waals surface area contributed by atoms with Crippen molar-refractivity contribution in [1.29, 1.82) is 0 Å². The van der Waals surface area contributed by atoms with E-state index < -0.39 is 0 Å². The summed E-state index contributed by atoms with van der Waals surface area (Å²) >= 11 is 0. The summed E-state index contributed by atoms with van der Waals surface area (Å²) in [6.45, 7) is 0. The van der Waals surface area contributed by atoms with E-state index in [9.17, 15) is 0 Å². The zero-order valence-electron chi connectivity index (χ0n) is 29.0. The molecule has 3 heterocycles. The molecule has 11 aromatic rings. The van der Waals surface area contributed by atoms with Gasteiger partial charge in [0.15, 0.2) is 17.5 Å². The van der Waals surface area contributed by atoms with E-state index in [4.69, 9.17) is 19.4 Å². The molecule has 0 N–H and O–H groups in total. The first kappa shape index (κ1) is 30.3. The van der Waals surface area contributed by atoms with E-state index in [0.29, 0.717) is 17.5 Å². The molecule has 54 heavy (non-hydrogen) atoms. The second-order valence-corrected chi connectivity index (χ2v) is 13.6. The molecule has 0 saturated carbocycles. The Morgan fingerprint density at radius 1 is 0.370 bits per heavy atom. The Balaban J connectivity index is 1.13. The summed E-state index contributed by atoms with van der Waals surface area (Å²) in [5.41, 5.74) is 9.92. The molecule has 0 aliphatic heterocycles. The minimum absolute atomic E-state index is 0.592. The minimum Gasteiger partial charge on any atom is -0.456 e. The lowest BCUT2D eigenvalue weighted by atomic mass is 9.98. The molecule has 3 aromatic heterocycles. The topological polar surface area (TPSA) is 56.7 Å². The van der Waals surface area contributed by atoms with Crippen molar-refractivity contribution in [3.05, 3.63) is 182 Å². The first-order chi connectivity index (χ1) is 26.8. The molecule has 5 nitrogen and oxygen atoms in total. The predicted molar refractivity (Wildman–Crippen MR) is 221 cm³/mol. The van der Waals surface area contributed by atoms with E-state index in [1.807, 2.05) is 30.3 Å². The molecule has 8 aromatic carbocycles. The fourth-order valence-electron chi connectivity index (χ4n) is 7.98. The van der Waals surface area contributed by atoms with Crippen LogP contribution in [0.4, 0.5) is 0 Å². The van der Waals surface area contributed by atoms with Crippen molar-refractivity contribution in [3.8, 4) is 51.0 Å². The van der Waals surface area contributed by atoms with Gasteiger partial charge in [0, 0.05) is 43.9 Å². The van der Waals surface area contributed by atoms with Crippen LogP contribution in [0.1, 0.15) is 0 Å². The largest absolute Gasteiger partial charge is 0.456 e. The predicted octanol–water partition coefficient (Wildman–Crippen LogP) is 12.7. The molecule has 0 bridgehead atoms. The molecule has 0 aliphatic rings. The highest BCUT2D eigenvalue weighted by Crippen LogP contribution is 2.39. The molecule has 0 amide bonds. The van der Waals surface area contributed by atoms with E-state index in [1.165, 1.54) is 27.2 Å². The van der Waals surface area contributed by atoms with E-state index >= 15 is 0 Å². The molecule has 11 rings (SSSR count). The van der Waals surface area contributed by atoms with Gasteiger partial charge in [-0.15, -0.1) is 0 Å². The van der Waals surface area contributed by atoms with Gasteiger partial charge in [0.1, 0.15) is 11.2 Å². The lowest BCUT2D eigenvalue weighted by Crippen LogP contribution is -2.01. The van der Waals surface area contributed by atoms with E-state index in [-0.39, 0.29) is 0 Å². The molecular weight excluding hydrogens is 661 g/mol. The van der Waals surface area contributed by atoms with Gasteiger partial charge in [0.2, 0.25) is 0 Å². The van der Waals surface area contributed by atoms with Crippen LogP contribution in [0.3, 0.4) is 0 Å². The first-order valence-electron chi connectivity index (χ1n) is 18.1. The van der Waals surface area contributed by atoms with Crippen LogP contribution in [0, 0.1) is 0 Å². The SMILES string of the molecule is c1cc(-c2ccccc2-c2nc(-c3ccc4ccccc4c3)nc(-c3cccc4oc5ccccc5c34)n2)cc(-n2c3ccccc3c3ccccc32)c1. The maximum absolute atomic E-state index is 6.29. The van der Waals surface area contributed by atoms with Gasteiger partial charge in [-0.2, -0.15) is 0 Å². The maximum atomic E-state index is 6.29. The van der Waals surface area contributed by atoms with Crippen molar-refractivity contribution in [2.75, 3.05) is 0 Å². The second-order valence-electron chi connectivity index (χ2n) is 13.6. The van der Waals surface area contributed by atoms with Crippen molar-refractivity contribution >= 4 is 54.5 Å². The third kappa shape index (κ3) is 4.83. The highest BCUT2D eigenvalue weighted by molar-refractivity contribution is 6.12. The van der Waals surface area contributed by atoms with E-state index in [0.717, 1.165) is 60.8 Å². The molecule has 0 radical (unpaired) electrons. The number of nitrogens with zero attached hydrogens (tertiary/aromatic N) is 4. The van der Waals surface area contributed by atoms with Crippen LogP contribution in [-0.4, -0.2) is 19.5 Å². The number of para-hydroxylation sites is 3. The molecule has 0 saturated heterocycles. The van der Waals surface area contributed by atoms with Gasteiger partial charge >= 0.3 is 0 Å². The molecule has 5 heteroatoms. The Bertz CT molecular complexity index is 3190. The van der Waals surface area contributed by atoms with Crippen LogP contribution >= 0.6 is 0 Å². The number of benzene rings is 8. The van der Waals surface area contributed by atoms with Gasteiger partial charge in [-0.1, -0.05) is 140 Å². The minimum atomic E-state index is 0.592. The number of furan rings is 1. The number of aromatic nitrogens is 4. The summed E-state index contributed by atoms with van der Waals surface area (Å²) in [4.78, 5) is 15.7. The average molecular weight is 691 g/mol. The van der Waals surface area contributed by atoms with Crippen LogP contribution in [0.15, 0.2) is 186 Å². The fourth-order valence-corrected chi connectivity index (χ4v) is 7.98. The Morgan fingerprint density at radius 2 is 0.963 bits per heavy atom. The molecule has 0 aliphatic carbocycles. The Hall–Kier alpha value is -7.37. The Labute approximate surface area is 310 Å². The third-order valence-electron chi connectivity index (χ3n) is 10.4. The van der Waals surface area contributed by atoms with Crippen LogP contribution < -0.4 is 0 Å². The number of fused-ring (bicyclic) bond motifs is 7. The highest BCUT2D eigenvalue weighted by atomic mass is 16.3. The van der Waals surface area contributed by atoms with Gasteiger partial charge < -0.3 is 8.98 Å². The van der Waals surface area contributed by atoms with Crippen molar-refractivity contribution in [3.63, 3.8) is 0 Å². The summed E-state index contributed by atoms with van der Waals surface area (Å²) in [7, 11) is 0. The van der Waals surface area contributed by atoms with Gasteiger partial charge in [-0.05, 0) is 64.4 Å². The lowest BCUT2D eigenvalue weighted by molar-refractivity contribution is 0.669. The Kier molecular flexibility index (Phi) is 6.79. The summed E-state index contributed by atoms with van der Waals surface area (Å²) in [5, 5.41) is 6.78. The maximum Gasteiger partial charge on any atom is 0.164 e. The summed E-state index contributed by atoms with van der Waals surface area (Å²) in [5.74, 6) is 1.80. The van der Waals surface area contributed by atoms with Gasteiger partial charge in [0.25, 0.3) is 0 Å². The zero-order chi connectivity index (χ0) is 35.6.